The first-order chi connectivity index (χ1) is 13.1. The van der Waals surface area contributed by atoms with Gasteiger partial charge in [0.2, 0.25) is 5.91 Å². The van der Waals surface area contributed by atoms with Gasteiger partial charge >= 0.3 is 0 Å². The van der Waals surface area contributed by atoms with Crippen LogP contribution in [0.5, 0.6) is 0 Å². The van der Waals surface area contributed by atoms with Gasteiger partial charge in [0.05, 0.1) is 6.54 Å². The number of piperidine rings is 1. The minimum atomic E-state index is 0.0608. The summed E-state index contributed by atoms with van der Waals surface area (Å²) in [7, 11) is 0. The van der Waals surface area contributed by atoms with Gasteiger partial charge in [-0.2, -0.15) is 0 Å². The van der Waals surface area contributed by atoms with Crippen molar-refractivity contribution >= 4 is 11.7 Å². The molecule has 0 saturated carbocycles. The minimum absolute atomic E-state index is 0.0608. The normalized spacial score (nSPS) is 16.6. The van der Waals surface area contributed by atoms with Gasteiger partial charge in [0, 0.05) is 18.0 Å². The van der Waals surface area contributed by atoms with Crippen LogP contribution in [-0.4, -0.2) is 42.8 Å². The zero-order valence-corrected chi connectivity index (χ0v) is 15.9. The van der Waals surface area contributed by atoms with Gasteiger partial charge < -0.3 is 5.32 Å². The number of rotatable bonds is 7. The Morgan fingerprint density at radius 2 is 1.59 bits per heavy atom. The van der Waals surface area contributed by atoms with E-state index in [1.807, 2.05) is 48.5 Å². The summed E-state index contributed by atoms with van der Waals surface area (Å²) in [5.74, 6) is 0.663. The number of carbonyl (C=O) groups excluding carboxylic acids is 2. The average molecular weight is 364 g/mol. The van der Waals surface area contributed by atoms with E-state index in [1.54, 1.807) is 0 Å². The fourth-order valence-electron chi connectivity index (χ4n) is 3.62. The molecule has 1 unspecified atom stereocenters. The molecule has 1 atom stereocenters. The van der Waals surface area contributed by atoms with Crippen LogP contribution in [-0.2, 0) is 4.79 Å². The molecule has 3 rings (SSSR count). The van der Waals surface area contributed by atoms with Gasteiger partial charge in [0.1, 0.15) is 0 Å². The van der Waals surface area contributed by atoms with Crippen LogP contribution in [0.2, 0.25) is 0 Å². The van der Waals surface area contributed by atoms with Gasteiger partial charge in [-0.1, -0.05) is 67.6 Å². The first kappa shape index (κ1) is 19.3. The Balaban J connectivity index is 1.40. The maximum Gasteiger partial charge on any atom is 0.234 e. The second kappa shape index (κ2) is 9.47. The van der Waals surface area contributed by atoms with E-state index in [-0.39, 0.29) is 17.6 Å². The molecule has 0 spiro atoms. The van der Waals surface area contributed by atoms with Crippen molar-refractivity contribution in [2.75, 3.05) is 26.2 Å². The van der Waals surface area contributed by atoms with Crippen LogP contribution in [0, 0.1) is 5.92 Å². The SMILES string of the molecule is CC(CNC(=O)CN1CCC(C(=O)c2ccccc2)CC1)c1ccccc1. The summed E-state index contributed by atoms with van der Waals surface area (Å²) in [5.41, 5.74) is 2.03. The van der Waals surface area contributed by atoms with Crippen molar-refractivity contribution in [3.8, 4) is 0 Å². The number of hydrogen-bond acceptors (Lipinski definition) is 3. The van der Waals surface area contributed by atoms with E-state index in [2.05, 4.69) is 29.3 Å². The predicted octanol–water partition coefficient (Wildman–Crippen LogP) is 3.50. The van der Waals surface area contributed by atoms with Gasteiger partial charge in [-0.15, -0.1) is 0 Å². The Morgan fingerprint density at radius 3 is 2.22 bits per heavy atom. The molecule has 1 amide bonds. The third-order valence-corrected chi connectivity index (χ3v) is 5.36. The monoisotopic (exact) mass is 364 g/mol. The Hall–Kier alpha value is -2.46. The zero-order chi connectivity index (χ0) is 19.1. The Labute approximate surface area is 161 Å². The Kier molecular flexibility index (Phi) is 6.77. The fraction of sp³-hybridized carbons (Fsp3) is 0.391. The molecular formula is C23H28N2O2. The van der Waals surface area contributed by atoms with Crippen LogP contribution in [0.3, 0.4) is 0 Å². The van der Waals surface area contributed by atoms with E-state index in [9.17, 15) is 9.59 Å². The standard InChI is InChI=1S/C23H28N2O2/c1-18(19-8-4-2-5-9-19)16-24-22(26)17-25-14-12-21(13-15-25)23(27)20-10-6-3-7-11-20/h2-11,18,21H,12-17H2,1H3,(H,24,26). The molecular weight excluding hydrogens is 336 g/mol. The maximum absolute atomic E-state index is 12.5. The topological polar surface area (TPSA) is 49.4 Å². The molecule has 2 aromatic rings. The highest BCUT2D eigenvalue weighted by Crippen LogP contribution is 2.21. The van der Waals surface area contributed by atoms with Crippen molar-refractivity contribution < 1.29 is 9.59 Å². The average Bonchev–Trinajstić information content (AvgIpc) is 2.73. The number of ketones is 1. The molecule has 4 nitrogen and oxygen atoms in total. The van der Waals surface area contributed by atoms with E-state index in [1.165, 1.54) is 5.56 Å². The van der Waals surface area contributed by atoms with Crippen molar-refractivity contribution in [1.82, 2.24) is 10.2 Å². The van der Waals surface area contributed by atoms with Gasteiger partial charge in [0.25, 0.3) is 0 Å². The third kappa shape index (κ3) is 5.51. The molecule has 2 aromatic carbocycles. The van der Waals surface area contributed by atoms with E-state index in [0.717, 1.165) is 31.5 Å². The van der Waals surface area contributed by atoms with Crippen LogP contribution < -0.4 is 5.32 Å². The molecule has 27 heavy (non-hydrogen) atoms. The molecule has 1 heterocycles. The molecule has 1 aliphatic heterocycles. The second-order valence-electron chi connectivity index (χ2n) is 7.40. The molecule has 0 radical (unpaired) electrons. The molecule has 0 aromatic heterocycles. The van der Waals surface area contributed by atoms with Gasteiger partial charge in [-0.3, -0.25) is 14.5 Å². The zero-order valence-electron chi connectivity index (χ0n) is 15.9. The van der Waals surface area contributed by atoms with Gasteiger partial charge in [-0.25, -0.2) is 0 Å². The van der Waals surface area contributed by atoms with Crippen LogP contribution in [0.1, 0.15) is 41.6 Å². The number of hydrogen-bond donors (Lipinski definition) is 1. The molecule has 4 heteroatoms. The molecule has 1 saturated heterocycles. The molecule has 142 valence electrons. The molecule has 0 aliphatic carbocycles. The predicted molar refractivity (Wildman–Crippen MR) is 108 cm³/mol. The Bertz CT molecular complexity index is 737. The number of carbonyl (C=O) groups is 2. The molecule has 1 aliphatic rings. The highest BCUT2D eigenvalue weighted by molar-refractivity contribution is 5.97. The summed E-state index contributed by atoms with van der Waals surface area (Å²) in [6.45, 7) is 4.77. The minimum Gasteiger partial charge on any atom is -0.354 e. The number of benzene rings is 2. The molecule has 1 fully saturated rings. The first-order valence-electron chi connectivity index (χ1n) is 9.76. The van der Waals surface area contributed by atoms with E-state index < -0.39 is 0 Å². The molecule has 0 bridgehead atoms. The summed E-state index contributed by atoms with van der Waals surface area (Å²) in [6, 6.07) is 19.7. The number of likely N-dealkylation sites (tertiary alicyclic amines) is 1. The van der Waals surface area contributed by atoms with Crippen LogP contribution in [0.15, 0.2) is 60.7 Å². The highest BCUT2D eigenvalue weighted by Gasteiger charge is 2.26. The summed E-state index contributed by atoms with van der Waals surface area (Å²) in [6.07, 6.45) is 1.64. The van der Waals surface area contributed by atoms with E-state index in [0.29, 0.717) is 19.0 Å². The van der Waals surface area contributed by atoms with Crippen LogP contribution in [0.25, 0.3) is 0 Å². The fourth-order valence-corrected chi connectivity index (χ4v) is 3.62. The van der Waals surface area contributed by atoms with Gasteiger partial charge in [0.15, 0.2) is 5.78 Å². The molecule has 1 N–H and O–H groups in total. The number of Topliss-reactive ketones (excluding diaryl/α,β-unsaturated/α-hetero) is 1. The lowest BCUT2D eigenvalue weighted by Gasteiger charge is -2.30. The number of nitrogens with one attached hydrogen (secondary N) is 1. The quantitative estimate of drug-likeness (QED) is 0.765. The number of nitrogens with zero attached hydrogens (tertiary/aromatic N) is 1. The van der Waals surface area contributed by atoms with Crippen molar-refractivity contribution in [2.45, 2.75) is 25.7 Å². The lowest BCUT2D eigenvalue weighted by Crippen LogP contribution is -2.43. The van der Waals surface area contributed by atoms with Crippen molar-refractivity contribution in [2.24, 2.45) is 5.92 Å². The summed E-state index contributed by atoms with van der Waals surface area (Å²) in [4.78, 5) is 27.0. The first-order valence-corrected chi connectivity index (χ1v) is 9.76. The van der Waals surface area contributed by atoms with E-state index in [4.69, 9.17) is 0 Å². The van der Waals surface area contributed by atoms with Gasteiger partial charge in [-0.05, 0) is 37.4 Å². The smallest absolute Gasteiger partial charge is 0.234 e. The van der Waals surface area contributed by atoms with Crippen molar-refractivity contribution in [3.05, 3.63) is 71.8 Å². The lowest BCUT2D eigenvalue weighted by atomic mass is 9.89. The summed E-state index contributed by atoms with van der Waals surface area (Å²) < 4.78 is 0. The lowest BCUT2D eigenvalue weighted by molar-refractivity contribution is -0.122. The summed E-state index contributed by atoms with van der Waals surface area (Å²) in [5, 5.41) is 3.04. The van der Waals surface area contributed by atoms with Crippen molar-refractivity contribution in [1.29, 1.82) is 0 Å². The summed E-state index contributed by atoms with van der Waals surface area (Å²) >= 11 is 0. The van der Waals surface area contributed by atoms with Crippen LogP contribution in [0.4, 0.5) is 0 Å². The Morgan fingerprint density at radius 1 is 1.00 bits per heavy atom. The van der Waals surface area contributed by atoms with E-state index >= 15 is 0 Å². The van der Waals surface area contributed by atoms with Crippen LogP contribution >= 0.6 is 0 Å². The maximum atomic E-state index is 12.5. The second-order valence-corrected chi connectivity index (χ2v) is 7.40. The largest absolute Gasteiger partial charge is 0.354 e. The van der Waals surface area contributed by atoms with Crippen molar-refractivity contribution in [3.63, 3.8) is 0 Å². The highest BCUT2D eigenvalue weighted by atomic mass is 16.2. The number of amides is 1. The third-order valence-electron chi connectivity index (χ3n) is 5.36.